The average Bonchev–Trinajstić information content (AvgIpc) is 2.32. The van der Waals surface area contributed by atoms with E-state index in [1.54, 1.807) is 13.0 Å². The van der Waals surface area contributed by atoms with Gasteiger partial charge in [0.2, 0.25) is 0 Å². The number of benzene rings is 1. The molecule has 1 aromatic heterocycles. The van der Waals surface area contributed by atoms with E-state index in [1.165, 1.54) is 0 Å². The fourth-order valence-electron chi connectivity index (χ4n) is 2.05. The second-order valence-corrected chi connectivity index (χ2v) is 5.61. The Hall–Kier alpha value is -1.88. The van der Waals surface area contributed by atoms with Crippen molar-refractivity contribution in [2.75, 3.05) is 5.32 Å². The minimum Gasteiger partial charge on any atom is -0.478 e. The zero-order valence-electron chi connectivity index (χ0n) is 11.5. The van der Waals surface area contributed by atoms with Gasteiger partial charge in [0.15, 0.2) is 0 Å². The summed E-state index contributed by atoms with van der Waals surface area (Å²) in [6.07, 6.45) is 0. The fourth-order valence-corrected chi connectivity index (χ4v) is 2.41. The number of rotatable bonds is 3. The van der Waals surface area contributed by atoms with Crippen LogP contribution in [0.4, 0.5) is 11.5 Å². The molecule has 0 aliphatic heterocycles. The molecule has 5 heteroatoms. The first-order chi connectivity index (χ1) is 9.38. The molecule has 20 heavy (non-hydrogen) atoms. The highest BCUT2D eigenvalue weighted by atomic mass is 79.9. The van der Waals surface area contributed by atoms with E-state index in [9.17, 15) is 9.90 Å². The molecule has 104 valence electrons. The van der Waals surface area contributed by atoms with Gasteiger partial charge in [-0.3, -0.25) is 0 Å². The number of nitrogens with one attached hydrogen (secondary N) is 1. The van der Waals surface area contributed by atoms with Crippen LogP contribution in [0.3, 0.4) is 0 Å². The number of halogens is 1. The summed E-state index contributed by atoms with van der Waals surface area (Å²) in [5, 5.41) is 12.5. The van der Waals surface area contributed by atoms with Gasteiger partial charge in [-0.25, -0.2) is 9.78 Å². The van der Waals surface area contributed by atoms with E-state index in [4.69, 9.17) is 0 Å². The van der Waals surface area contributed by atoms with Gasteiger partial charge in [-0.1, -0.05) is 22.0 Å². The third-order valence-corrected chi connectivity index (χ3v) is 3.50. The maximum atomic E-state index is 11.4. The lowest BCUT2D eigenvalue weighted by molar-refractivity contribution is 0.0697. The quantitative estimate of drug-likeness (QED) is 0.882. The van der Waals surface area contributed by atoms with Crippen molar-refractivity contribution < 1.29 is 9.90 Å². The second kappa shape index (κ2) is 5.63. The van der Waals surface area contributed by atoms with Crippen molar-refractivity contribution in [3.8, 4) is 0 Å². The Labute approximate surface area is 126 Å². The molecular weight excluding hydrogens is 320 g/mol. The molecule has 0 amide bonds. The van der Waals surface area contributed by atoms with Crippen molar-refractivity contribution in [1.29, 1.82) is 0 Å². The Balaban J connectivity index is 2.53. The van der Waals surface area contributed by atoms with Gasteiger partial charge >= 0.3 is 5.97 Å². The third kappa shape index (κ3) is 2.99. The van der Waals surface area contributed by atoms with E-state index >= 15 is 0 Å². The average molecular weight is 335 g/mol. The summed E-state index contributed by atoms with van der Waals surface area (Å²) in [5.74, 6) is -0.610. The molecule has 0 aliphatic carbocycles. The number of nitrogens with zero attached hydrogens (tertiary/aromatic N) is 1. The number of hydrogen-bond donors (Lipinski definition) is 2. The van der Waals surface area contributed by atoms with Gasteiger partial charge in [-0.2, -0.15) is 0 Å². The zero-order chi connectivity index (χ0) is 14.9. The smallest absolute Gasteiger partial charge is 0.339 e. The molecule has 2 aromatic rings. The summed E-state index contributed by atoms with van der Waals surface area (Å²) in [4.78, 5) is 15.7. The lowest BCUT2D eigenvalue weighted by Gasteiger charge is -2.14. The predicted molar refractivity (Wildman–Crippen MR) is 82.8 cm³/mol. The van der Waals surface area contributed by atoms with Gasteiger partial charge in [-0.15, -0.1) is 0 Å². The maximum Gasteiger partial charge on any atom is 0.339 e. The molecule has 0 bridgehead atoms. The molecule has 4 nitrogen and oxygen atoms in total. The number of carboxylic acids is 1. The van der Waals surface area contributed by atoms with E-state index in [0.29, 0.717) is 11.4 Å². The molecule has 2 N–H and O–H groups in total. The van der Waals surface area contributed by atoms with Crippen LogP contribution >= 0.6 is 15.9 Å². The largest absolute Gasteiger partial charge is 0.478 e. The van der Waals surface area contributed by atoms with Crippen LogP contribution in [-0.2, 0) is 0 Å². The van der Waals surface area contributed by atoms with Gasteiger partial charge in [0.1, 0.15) is 11.4 Å². The Morgan fingerprint density at radius 2 is 1.90 bits per heavy atom. The molecule has 0 atom stereocenters. The number of aromatic nitrogens is 1. The van der Waals surface area contributed by atoms with Crippen molar-refractivity contribution in [2.24, 2.45) is 0 Å². The second-order valence-electron chi connectivity index (χ2n) is 4.69. The third-order valence-electron chi connectivity index (χ3n) is 3.01. The van der Waals surface area contributed by atoms with Crippen molar-refractivity contribution in [3.05, 3.63) is 51.1 Å². The Morgan fingerprint density at radius 1 is 1.20 bits per heavy atom. The van der Waals surface area contributed by atoms with Crippen LogP contribution in [0, 0.1) is 20.8 Å². The number of aromatic carboxylic acids is 1. The Bertz CT molecular complexity index is 684. The highest BCUT2D eigenvalue weighted by Crippen LogP contribution is 2.27. The number of carboxylic acid groups (broad SMARTS) is 1. The number of carbonyl (C=O) groups is 1. The van der Waals surface area contributed by atoms with E-state index in [2.05, 4.69) is 26.2 Å². The lowest BCUT2D eigenvalue weighted by atomic mass is 10.1. The van der Waals surface area contributed by atoms with Crippen molar-refractivity contribution in [1.82, 2.24) is 4.98 Å². The molecule has 1 heterocycles. The lowest BCUT2D eigenvalue weighted by Crippen LogP contribution is -2.09. The van der Waals surface area contributed by atoms with Gasteiger partial charge in [0.05, 0.1) is 0 Å². The fraction of sp³-hybridized carbons (Fsp3) is 0.200. The molecule has 0 aliphatic rings. The van der Waals surface area contributed by atoms with E-state index < -0.39 is 5.97 Å². The summed E-state index contributed by atoms with van der Waals surface area (Å²) in [6, 6.07) is 7.56. The van der Waals surface area contributed by atoms with Crippen LogP contribution in [0.2, 0.25) is 0 Å². The maximum absolute atomic E-state index is 11.4. The number of aryl methyl sites for hydroxylation is 3. The molecule has 1 aromatic carbocycles. The standard InChI is InChI=1S/C15H15BrN2O2/c1-8-4-5-11(16)7-12(8)18-14-13(15(19)20)9(2)6-10(3)17-14/h4-7H,1-3H3,(H,17,18)(H,19,20). The normalized spacial score (nSPS) is 10.4. The molecular formula is C15H15BrN2O2. The van der Waals surface area contributed by atoms with Crippen LogP contribution in [0.15, 0.2) is 28.7 Å². The Kier molecular flexibility index (Phi) is 4.09. The number of pyridine rings is 1. The van der Waals surface area contributed by atoms with Crippen molar-refractivity contribution >= 4 is 33.4 Å². The van der Waals surface area contributed by atoms with Crippen LogP contribution in [0.25, 0.3) is 0 Å². The number of anilines is 2. The minimum atomic E-state index is -0.981. The topological polar surface area (TPSA) is 62.2 Å². The van der Waals surface area contributed by atoms with E-state index in [-0.39, 0.29) is 5.56 Å². The van der Waals surface area contributed by atoms with E-state index in [1.807, 2.05) is 32.0 Å². The summed E-state index contributed by atoms with van der Waals surface area (Å²) in [7, 11) is 0. The number of hydrogen-bond acceptors (Lipinski definition) is 3. The van der Waals surface area contributed by atoms with Gasteiger partial charge in [0, 0.05) is 15.9 Å². The summed E-state index contributed by atoms with van der Waals surface area (Å²) in [5.41, 5.74) is 3.53. The van der Waals surface area contributed by atoms with Gasteiger partial charge in [0.25, 0.3) is 0 Å². The van der Waals surface area contributed by atoms with Crippen LogP contribution in [0.1, 0.15) is 27.2 Å². The van der Waals surface area contributed by atoms with Crippen molar-refractivity contribution in [3.63, 3.8) is 0 Å². The van der Waals surface area contributed by atoms with E-state index in [0.717, 1.165) is 21.4 Å². The first kappa shape index (κ1) is 14.5. The monoisotopic (exact) mass is 334 g/mol. The Morgan fingerprint density at radius 3 is 2.55 bits per heavy atom. The first-order valence-corrected chi connectivity index (χ1v) is 6.92. The summed E-state index contributed by atoms with van der Waals surface area (Å²) < 4.78 is 0.923. The molecule has 0 radical (unpaired) electrons. The summed E-state index contributed by atoms with van der Waals surface area (Å²) >= 11 is 3.41. The minimum absolute atomic E-state index is 0.204. The SMILES string of the molecule is Cc1cc(C)c(C(=O)O)c(Nc2cc(Br)ccc2C)n1. The summed E-state index contributed by atoms with van der Waals surface area (Å²) in [6.45, 7) is 5.58. The predicted octanol–water partition coefficient (Wildman–Crippen LogP) is 4.21. The molecule has 0 unspecified atom stereocenters. The highest BCUT2D eigenvalue weighted by Gasteiger charge is 2.16. The molecule has 2 rings (SSSR count). The van der Waals surface area contributed by atoms with Crippen LogP contribution in [-0.4, -0.2) is 16.1 Å². The first-order valence-electron chi connectivity index (χ1n) is 6.13. The molecule has 0 spiro atoms. The van der Waals surface area contributed by atoms with Crippen LogP contribution in [0.5, 0.6) is 0 Å². The molecule has 0 saturated heterocycles. The van der Waals surface area contributed by atoms with Gasteiger partial charge in [-0.05, 0) is 50.1 Å². The highest BCUT2D eigenvalue weighted by molar-refractivity contribution is 9.10. The zero-order valence-corrected chi connectivity index (χ0v) is 13.1. The van der Waals surface area contributed by atoms with Crippen LogP contribution < -0.4 is 5.32 Å². The van der Waals surface area contributed by atoms with Gasteiger partial charge < -0.3 is 10.4 Å². The molecule has 0 saturated carbocycles. The molecule has 0 fully saturated rings. The van der Waals surface area contributed by atoms with Crippen molar-refractivity contribution in [2.45, 2.75) is 20.8 Å².